The van der Waals surface area contributed by atoms with Gasteiger partial charge in [-0.2, -0.15) is 0 Å². The molecule has 0 radical (unpaired) electrons. The van der Waals surface area contributed by atoms with Crippen LogP contribution < -0.4 is 5.32 Å². The minimum absolute atomic E-state index is 0.202. The number of alkyl halides is 1. The summed E-state index contributed by atoms with van der Waals surface area (Å²) in [5.74, 6) is -0.240. The van der Waals surface area contributed by atoms with Crippen molar-refractivity contribution < 1.29 is 9.18 Å². The number of carbonyl (C=O) groups is 1. The minimum Gasteiger partial charge on any atom is -0.334 e. The number of aromatic nitrogens is 3. The van der Waals surface area contributed by atoms with Gasteiger partial charge in [-0.15, -0.1) is 0 Å². The first-order valence-corrected chi connectivity index (χ1v) is 9.00. The second-order valence-corrected chi connectivity index (χ2v) is 7.24. The van der Waals surface area contributed by atoms with Gasteiger partial charge >= 0.3 is 0 Å². The zero-order valence-corrected chi connectivity index (χ0v) is 15.4. The summed E-state index contributed by atoms with van der Waals surface area (Å²) in [6, 6.07) is 7.79. The molecule has 0 saturated carbocycles. The summed E-state index contributed by atoms with van der Waals surface area (Å²) in [6.07, 6.45) is 5.65. The van der Waals surface area contributed by atoms with Crippen LogP contribution in [0.1, 0.15) is 12.8 Å². The van der Waals surface area contributed by atoms with E-state index in [1.54, 1.807) is 24.8 Å². The highest BCUT2D eigenvalue weighted by Crippen LogP contribution is 2.29. The van der Waals surface area contributed by atoms with Crippen molar-refractivity contribution in [3.05, 3.63) is 43.0 Å². The second kappa shape index (κ2) is 6.74. The number of fused-ring (bicyclic) bond motifs is 1. The molecule has 1 amide bonds. The number of nitrogens with one attached hydrogen (secondary N) is 1. The van der Waals surface area contributed by atoms with E-state index in [0.717, 1.165) is 22.0 Å². The van der Waals surface area contributed by atoms with Crippen LogP contribution in [-0.4, -0.2) is 51.1 Å². The Bertz CT molecular complexity index is 991. The van der Waals surface area contributed by atoms with Crippen LogP contribution in [0.25, 0.3) is 22.0 Å². The molecule has 1 aliphatic heterocycles. The summed E-state index contributed by atoms with van der Waals surface area (Å²) in [7, 11) is 3.87. The smallest absolute Gasteiger partial charge is 0.263 e. The number of hydrogen-bond acceptors (Lipinski definition) is 4. The molecule has 0 aliphatic carbocycles. The first kappa shape index (κ1) is 17.6. The minimum atomic E-state index is -1.83. The highest BCUT2D eigenvalue weighted by atomic mass is 19.1. The number of pyridine rings is 1. The van der Waals surface area contributed by atoms with Gasteiger partial charge in [-0.25, -0.2) is 14.4 Å². The van der Waals surface area contributed by atoms with E-state index in [1.807, 2.05) is 41.8 Å². The van der Waals surface area contributed by atoms with E-state index in [1.165, 1.54) is 0 Å². The van der Waals surface area contributed by atoms with E-state index in [-0.39, 0.29) is 12.8 Å². The first-order chi connectivity index (χ1) is 12.9. The van der Waals surface area contributed by atoms with Crippen LogP contribution in [0, 0.1) is 0 Å². The molecule has 0 spiro atoms. The summed E-state index contributed by atoms with van der Waals surface area (Å²) in [5, 5.41) is 4.54. The molecule has 2 aromatic heterocycles. The SMILES string of the molecule is CN1CCC(F)(C(=O)Nc2cc3cc(-c4cncn4C)ccc3cn2)CC1. The van der Waals surface area contributed by atoms with Crippen molar-refractivity contribution in [1.29, 1.82) is 0 Å². The van der Waals surface area contributed by atoms with Crippen molar-refractivity contribution in [1.82, 2.24) is 19.4 Å². The summed E-state index contributed by atoms with van der Waals surface area (Å²) in [4.78, 5) is 22.9. The van der Waals surface area contributed by atoms with Gasteiger partial charge in [0.2, 0.25) is 0 Å². The van der Waals surface area contributed by atoms with Crippen LogP contribution in [0.5, 0.6) is 0 Å². The van der Waals surface area contributed by atoms with Crippen LogP contribution in [0.3, 0.4) is 0 Å². The molecular weight excluding hydrogens is 345 g/mol. The number of piperidine rings is 1. The lowest BCUT2D eigenvalue weighted by Gasteiger charge is -2.33. The summed E-state index contributed by atoms with van der Waals surface area (Å²) < 4.78 is 16.9. The molecule has 0 bridgehead atoms. The lowest BCUT2D eigenvalue weighted by molar-refractivity contribution is -0.130. The number of nitrogens with zero attached hydrogens (tertiary/aromatic N) is 4. The van der Waals surface area contributed by atoms with Crippen molar-refractivity contribution in [3.8, 4) is 11.3 Å². The number of rotatable bonds is 3. The Morgan fingerprint density at radius 1 is 1.15 bits per heavy atom. The van der Waals surface area contributed by atoms with Crippen LogP contribution in [-0.2, 0) is 11.8 Å². The van der Waals surface area contributed by atoms with Crippen LogP contribution in [0.15, 0.2) is 43.0 Å². The molecule has 4 rings (SSSR count). The monoisotopic (exact) mass is 367 g/mol. The molecule has 140 valence electrons. The maximum absolute atomic E-state index is 15.0. The quantitative estimate of drug-likeness (QED) is 0.773. The third-order valence-corrected chi connectivity index (χ3v) is 5.26. The lowest BCUT2D eigenvalue weighted by atomic mass is 9.92. The van der Waals surface area contributed by atoms with E-state index in [9.17, 15) is 9.18 Å². The number of benzene rings is 1. The van der Waals surface area contributed by atoms with E-state index >= 15 is 0 Å². The Balaban J connectivity index is 1.59. The Morgan fingerprint density at radius 2 is 1.93 bits per heavy atom. The number of imidazole rings is 1. The number of halogens is 1. The van der Waals surface area contributed by atoms with Gasteiger partial charge < -0.3 is 14.8 Å². The van der Waals surface area contributed by atoms with Gasteiger partial charge in [0.25, 0.3) is 5.91 Å². The Kier molecular flexibility index (Phi) is 4.39. The highest BCUT2D eigenvalue weighted by Gasteiger charge is 2.41. The molecule has 1 fully saturated rings. The summed E-state index contributed by atoms with van der Waals surface area (Å²) in [6.45, 7) is 1.15. The van der Waals surface area contributed by atoms with E-state index in [0.29, 0.717) is 18.9 Å². The lowest BCUT2D eigenvalue weighted by Crippen LogP contribution is -2.47. The van der Waals surface area contributed by atoms with Crippen LogP contribution >= 0.6 is 0 Å². The van der Waals surface area contributed by atoms with Gasteiger partial charge in [-0.05, 0) is 24.6 Å². The molecule has 1 aliphatic rings. The van der Waals surface area contributed by atoms with Crippen molar-refractivity contribution in [2.45, 2.75) is 18.5 Å². The number of hydrogen-bond donors (Lipinski definition) is 1. The van der Waals surface area contributed by atoms with Gasteiger partial charge in [-0.3, -0.25) is 4.79 Å². The standard InChI is InChI=1S/C20H22FN5O/c1-25-7-5-20(21,6-8-25)19(27)24-18-10-16-9-14(3-4-15(16)11-23-18)17-12-22-13-26(17)2/h3-4,9-13H,5-8H2,1-2H3,(H,23,24,27). The molecule has 1 N–H and O–H groups in total. The molecular formula is C20H22FN5O. The number of aryl methyl sites for hydroxylation is 1. The molecule has 1 aromatic carbocycles. The predicted octanol–water partition coefficient (Wildman–Crippen LogP) is 3.01. The Morgan fingerprint density at radius 3 is 2.63 bits per heavy atom. The van der Waals surface area contributed by atoms with Crippen LogP contribution in [0.2, 0.25) is 0 Å². The molecule has 0 unspecified atom stereocenters. The molecule has 27 heavy (non-hydrogen) atoms. The number of anilines is 1. The summed E-state index contributed by atoms with van der Waals surface area (Å²) >= 11 is 0. The maximum Gasteiger partial charge on any atom is 0.263 e. The van der Waals surface area contributed by atoms with Crippen molar-refractivity contribution in [2.75, 3.05) is 25.5 Å². The third kappa shape index (κ3) is 3.42. The predicted molar refractivity (Wildman–Crippen MR) is 103 cm³/mol. The van der Waals surface area contributed by atoms with Gasteiger partial charge in [0.1, 0.15) is 5.82 Å². The molecule has 3 aromatic rings. The Hall–Kier alpha value is -2.80. The normalized spacial score (nSPS) is 17.1. The van der Waals surface area contributed by atoms with E-state index < -0.39 is 11.6 Å². The fourth-order valence-corrected chi connectivity index (χ4v) is 3.43. The zero-order valence-electron chi connectivity index (χ0n) is 15.4. The number of amides is 1. The molecule has 6 nitrogen and oxygen atoms in total. The molecule has 1 saturated heterocycles. The maximum atomic E-state index is 15.0. The average molecular weight is 367 g/mol. The van der Waals surface area contributed by atoms with Crippen molar-refractivity contribution in [2.24, 2.45) is 7.05 Å². The molecule has 3 heterocycles. The van der Waals surface area contributed by atoms with E-state index in [2.05, 4.69) is 15.3 Å². The number of likely N-dealkylation sites (tertiary alicyclic amines) is 1. The van der Waals surface area contributed by atoms with Gasteiger partial charge in [0.15, 0.2) is 5.67 Å². The average Bonchev–Trinajstić information content (AvgIpc) is 3.09. The summed E-state index contributed by atoms with van der Waals surface area (Å²) in [5.41, 5.74) is 0.177. The van der Waals surface area contributed by atoms with Gasteiger partial charge in [0.05, 0.1) is 18.2 Å². The van der Waals surface area contributed by atoms with E-state index in [4.69, 9.17) is 0 Å². The fraction of sp³-hybridized carbons (Fsp3) is 0.350. The van der Waals surface area contributed by atoms with Gasteiger partial charge in [-0.1, -0.05) is 12.1 Å². The van der Waals surface area contributed by atoms with Crippen molar-refractivity contribution >= 4 is 22.5 Å². The number of carbonyl (C=O) groups excluding carboxylic acids is 1. The van der Waals surface area contributed by atoms with Crippen molar-refractivity contribution in [3.63, 3.8) is 0 Å². The second-order valence-electron chi connectivity index (χ2n) is 7.24. The molecule has 0 atom stereocenters. The topological polar surface area (TPSA) is 63.1 Å². The highest BCUT2D eigenvalue weighted by molar-refractivity contribution is 5.98. The third-order valence-electron chi connectivity index (χ3n) is 5.26. The fourth-order valence-electron chi connectivity index (χ4n) is 3.43. The van der Waals surface area contributed by atoms with Gasteiger partial charge in [0, 0.05) is 50.1 Å². The first-order valence-electron chi connectivity index (χ1n) is 9.00. The molecule has 7 heteroatoms. The Labute approximate surface area is 157 Å². The van der Waals surface area contributed by atoms with Crippen LogP contribution in [0.4, 0.5) is 10.2 Å². The largest absolute Gasteiger partial charge is 0.334 e. The zero-order chi connectivity index (χ0) is 19.0.